The summed E-state index contributed by atoms with van der Waals surface area (Å²) in [5, 5.41) is 45.3. The molecule has 152 valence electrons. The van der Waals surface area contributed by atoms with Gasteiger partial charge in [0.25, 0.3) is 0 Å². The summed E-state index contributed by atoms with van der Waals surface area (Å²) in [6.45, 7) is 1.13. The van der Waals surface area contributed by atoms with E-state index in [4.69, 9.17) is 33.6 Å². The lowest BCUT2D eigenvalue weighted by Crippen LogP contribution is -2.32. The van der Waals surface area contributed by atoms with Crippen molar-refractivity contribution in [1.82, 2.24) is 0 Å². The van der Waals surface area contributed by atoms with Gasteiger partial charge in [0.05, 0.1) is 8.76 Å². The van der Waals surface area contributed by atoms with Gasteiger partial charge < -0.3 is 37.0 Å². The van der Waals surface area contributed by atoms with Crippen LogP contribution in [0.4, 0.5) is 0 Å². The Morgan fingerprint density at radius 3 is 1.82 bits per heavy atom. The van der Waals surface area contributed by atoms with Crippen LogP contribution >= 0.6 is 0 Å². The summed E-state index contributed by atoms with van der Waals surface area (Å²) in [4.78, 5) is 21.8. The van der Waals surface area contributed by atoms with E-state index in [9.17, 15) is 19.8 Å². The summed E-state index contributed by atoms with van der Waals surface area (Å²) in [6.07, 6.45) is -4.05. The van der Waals surface area contributed by atoms with Gasteiger partial charge in [-0.15, -0.1) is 0 Å². The number of rotatable bonds is 6. The van der Waals surface area contributed by atoms with Gasteiger partial charge >= 0.3 is 5.97 Å². The van der Waals surface area contributed by atoms with Crippen LogP contribution < -0.4 is 11.5 Å². The molecule has 3 atom stereocenters. The summed E-state index contributed by atoms with van der Waals surface area (Å²) in [7, 11) is 0. The van der Waals surface area contributed by atoms with E-state index in [2.05, 4.69) is 0 Å². The Morgan fingerprint density at radius 2 is 1.39 bits per heavy atom. The van der Waals surface area contributed by atoms with Crippen LogP contribution in [0.2, 0.25) is 0 Å². The molecule has 0 saturated heterocycles. The maximum absolute atomic E-state index is 11.1. The number of ketones is 1. The van der Waals surface area contributed by atoms with Crippen molar-refractivity contribution in [2.45, 2.75) is 31.7 Å². The highest BCUT2D eigenvalue weighted by Crippen LogP contribution is 2.26. The van der Waals surface area contributed by atoms with Crippen LogP contribution in [-0.2, 0) is 22.4 Å². The second-order valence-corrected chi connectivity index (χ2v) is 5.45. The molecule has 0 heterocycles. The van der Waals surface area contributed by atoms with Gasteiger partial charge in [0.2, 0.25) is 0 Å². The van der Waals surface area contributed by atoms with E-state index in [0.29, 0.717) is 0 Å². The maximum Gasteiger partial charge on any atom is 0.320 e. The van der Waals surface area contributed by atoms with Gasteiger partial charge in [-0.3, -0.25) is 9.59 Å². The lowest BCUT2D eigenvalue weighted by atomic mass is 10.0. The zero-order valence-electron chi connectivity index (χ0n) is 19.7. The van der Waals surface area contributed by atoms with Crippen molar-refractivity contribution in [3.8, 4) is 23.0 Å². The molecule has 2 rings (SSSR count). The third-order valence-electron chi connectivity index (χ3n) is 3.21. The number of aliphatic carboxylic acids is 1. The molecule has 0 aromatic heterocycles. The highest BCUT2D eigenvalue weighted by Gasteiger charge is 2.13. The van der Waals surface area contributed by atoms with Crippen molar-refractivity contribution >= 4 is 11.8 Å². The molecule has 0 unspecified atom stereocenters. The van der Waals surface area contributed by atoms with Gasteiger partial charge in [0, 0.05) is 4.11 Å². The van der Waals surface area contributed by atoms with Crippen LogP contribution in [0.25, 0.3) is 0 Å². The molecule has 0 aliphatic rings. The van der Waals surface area contributed by atoms with Crippen molar-refractivity contribution in [2.24, 2.45) is 11.5 Å². The molecule has 2 aromatic carbocycles. The number of carboxylic acids is 1. The minimum absolute atomic E-state index is 0.197. The first-order valence-corrected chi connectivity index (χ1v) is 7.66. The molecule has 0 fully saturated rings. The number of Topliss-reactive ketones (excluding diaryl/α,β-unsaturated/α-hetero) is 1. The molecule has 0 spiro atoms. The Balaban J connectivity index is 0.000000331. The van der Waals surface area contributed by atoms with E-state index in [-0.39, 0.29) is 16.9 Å². The number of hydrogen-bond donors (Lipinski definition) is 7. The Bertz CT molecular complexity index is 1050. The predicted molar refractivity (Wildman–Crippen MR) is 101 cm³/mol. The number of carboxylic acid groups (broad SMARTS) is 1. The molecule has 0 bridgehead atoms. The second-order valence-electron chi connectivity index (χ2n) is 5.45. The minimum Gasteiger partial charge on any atom is -0.504 e. The first-order valence-electron chi connectivity index (χ1n) is 10.2. The standard InChI is InChI=1S/C10H13NO3.C9H11NO4/c1-6(12)8(11)4-7-2-3-9(13)10(14)5-7;10-6(9(13)14)3-5-1-2-7(11)8(12)4-5/h2-3,5,8,13-14H,4,11H2,1H3;1-2,4,6,11-12H,3,10H2,(H,13,14)/t8-;6-/m00/s1/i4D,8D;3D2,6D/t4-,8+;m/m10. The molecular weight excluding hydrogens is 368 g/mol. The molecule has 9 heteroatoms. The molecule has 2 aromatic rings. The topological polar surface area (TPSA) is 187 Å². The molecule has 0 aliphatic heterocycles. The smallest absolute Gasteiger partial charge is 0.320 e. The maximum atomic E-state index is 11.1. The minimum atomic E-state index is -2.91. The quantitative estimate of drug-likeness (QED) is 0.343. The number of carbonyl (C=O) groups excluding carboxylic acids is 1. The predicted octanol–water partition coefficient (Wildman–Crippen LogP) is 0.609. The van der Waals surface area contributed by atoms with Crippen LogP contribution in [0.1, 0.15) is 24.9 Å². The zero-order chi connectivity index (χ0) is 25.9. The highest BCUT2D eigenvalue weighted by atomic mass is 16.4. The van der Waals surface area contributed by atoms with E-state index < -0.39 is 53.8 Å². The van der Waals surface area contributed by atoms with Crippen molar-refractivity contribution in [1.29, 1.82) is 0 Å². The van der Waals surface area contributed by atoms with Crippen LogP contribution in [0.5, 0.6) is 23.0 Å². The first kappa shape index (κ1) is 15.7. The van der Waals surface area contributed by atoms with Crippen LogP contribution in [0, 0.1) is 0 Å². The largest absolute Gasteiger partial charge is 0.504 e. The van der Waals surface area contributed by atoms with Crippen LogP contribution in [0.3, 0.4) is 0 Å². The lowest BCUT2D eigenvalue weighted by molar-refractivity contribution is -0.138. The summed E-state index contributed by atoms with van der Waals surface area (Å²) < 4.78 is 37.6. The van der Waals surface area contributed by atoms with E-state index in [1.54, 1.807) is 0 Å². The Labute approximate surface area is 168 Å². The Morgan fingerprint density at radius 1 is 0.929 bits per heavy atom. The van der Waals surface area contributed by atoms with Crippen molar-refractivity contribution < 1.29 is 42.0 Å². The van der Waals surface area contributed by atoms with Gasteiger partial charge in [0.1, 0.15) is 11.8 Å². The zero-order valence-corrected chi connectivity index (χ0v) is 14.7. The number of phenolic OH excluding ortho intramolecular Hbond substituents is 4. The number of aromatic hydroxyl groups is 4. The SMILES string of the molecule is [2H]C([2H])(c1ccc(O)c(O)c1)[C@]([2H])(N)C(=O)O.[2H][C@H](c1ccc(O)c(O)c1)[C@]([2H])(N)C(C)=O. The fourth-order valence-electron chi connectivity index (χ4n) is 1.72. The van der Waals surface area contributed by atoms with Crippen LogP contribution in [-0.4, -0.2) is 49.3 Å². The molecule has 0 amide bonds. The molecular formula is C19H24N2O7. The van der Waals surface area contributed by atoms with E-state index in [1.807, 2.05) is 0 Å². The number of nitrogens with two attached hydrogens (primary N) is 2. The van der Waals surface area contributed by atoms with Crippen LogP contribution in [0.15, 0.2) is 36.4 Å². The lowest BCUT2D eigenvalue weighted by Gasteiger charge is -2.08. The highest BCUT2D eigenvalue weighted by molar-refractivity contribution is 5.81. The Hall–Kier alpha value is -3.30. The molecule has 0 aliphatic carbocycles. The van der Waals surface area contributed by atoms with E-state index in [0.717, 1.165) is 31.2 Å². The van der Waals surface area contributed by atoms with Gasteiger partial charge in [0.15, 0.2) is 23.0 Å². The Kier molecular flexibility index (Phi) is 5.70. The average Bonchev–Trinajstić information content (AvgIpc) is 2.71. The summed E-state index contributed by atoms with van der Waals surface area (Å²) >= 11 is 0. The van der Waals surface area contributed by atoms with Crippen molar-refractivity contribution in [3.63, 3.8) is 0 Å². The van der Waals surface area contributed by atoms with E-state index in [1.165, 1.54) is 12.1 Å². The number of hydrogen-bond acceptors (Lipinski definition) is 8. The first-order chi connectivity index (χ1) is 14.9. The molecule has 28 heavy (non-hydrogen) atoms. The average molecular weight is 397 g/mol. The molecule has 9 nitrogen and oxygen atoms in total. The monoisotopic (exact) mass is 397 g/mol. The molecule has 0 radical (unpaired) electrons. The second kappa shape index (κ2) is 10.1. The van der Waals surface area contributed by atoms with Gasteiger partial charge in [-0.25, -0.2) is 0 Å². The fourth-order valence-corrected chi connectivity index (χ4v) is 1.72. The summed E-state index contributed by atoms with van der Waals surface area (Å²) in [5.74, 6) is -4.31. The van der Waals surface area contributed by atoms with Crippen molar-refractivity contribution in [3.05, 3.63) is 47.5 Å². The van der Waals surface area contributed by atoms with Gasteiger partial charge in [-0.05, 0) is 55.1 Å². The van der Waals surface area contributed by atoms with Gasteiger partial charge in [-0.1, -0.05) is 12.1 Å². The number of phenols is 4. The third kappa shape index (κ3) is 7.14. The molecule has 0 saturated carbocycles. The number of benzene rings is 2. The summed E-state index contributed by atoms with van der Waals surface area (Å²) in [6, 6.07) is 1.53. The molecule has 9 N–H and O–H groups in total. The normalized spacial score (nSPS) is 18.9. The van der Waals surface area contributed by atoms with E-state index >= 15 is 0 Å². The third-order valence-corrected chi connectivity index (χ3v) is 3.21. The number of carbonyl (C=O) groups is 2. The summed E-state index contributed by atoms with van der Waals surface area (Å²) in [5.41, 5.74) is 10.4. The fraction of sp³-hybridized carbons (Fsp3) is 0.263. The van der Waals surface area contributed by atoms with Gasteiger partial charge in [-0.2, -0.15) is 0 Å². The van der Waals surface area contributed by atoms with Crippen molar-refractivity contribution in [2.75, 3.05) is 0 Å².